The van der Waals surface area contributed by atoms with E-state index in [2.05, 4.69) is 0 Å². The van der Waals surface area contributed by atoms with Gasteiger partial charge in [0.2, 0.25) is 0 Å². The number of unbranched alkanes of at least 4 members (excludes halogenated alkanes) is 1. The Bertz CT molecular complexity index is 231. The fraction of sp³-hybridized carbons (Fsp3) is 0.909. The van der Waals surface area contributed by atoms with Crippen molar-refractivity contribution in [3.05, 3.63) is 0 Å². The fourth-order valence-electron chi connectivity index (χ4n) is 1.41. The van der Waals surface area contributed by atoms with E-state index in [1.54, 1.807) is 6.92 Å². The smallest absolute Gasteiger partial charge is 0.369 e. The van der Waals surface area contributed by atoms with E-state index in [0.717, 1.165) is 11.3 Å². The summed E-state index contributed by atoms with van der Waals surface area (Å²) in [6.45, 7) is 4.25. The Morgan fingerprint density at radius 2 is 1.94 bits per heavy atom. The molecule has 0 aliphatic carbocycles. The van der Waals surface area contributed by atoms with E-state index in [4.69, 9.17) is 4.74 Å². The Kier molecular flexibility index (Phi) is 7.18. The van der Waals surface area contributed by atoms with E-state index in [1.807, 2.05) is 6.92 Å². The van der Waals surface area contributed by atoms with Crippen LogP contribution in [0.1, 0.15) is 33.6 Å². The molecule has 0 fully saturated rings. The first kappa shape index (κ1) is 16.2. The van der Waals surface area contributed by atoms with Crippen molar-refractivity contribution in [3.8, 4) is 0 Å². The molecule has 102 valence electrons. The predicted octanol–water partition coefficient (Wildman–Crippen LogP) is 2.60. The Hall–Kier alpha value is -0.780. The number of alkyl halides is 3. The van der Waals surface area contributed by atoms with Crippen molar-refractivity contribution in [3.63, 3.8) is 0 Å². The molecule has 1 amide bonds. The SMILES string of the molecule is CCCCN(CC(F)(F)F)C(=O)C(C)OCC. The maximum atomic E-state index is 12.3. The summed E-state index contributed by atoms with van der Waals surface area (Å²) in [4.78, 5) is 12.5. The third kappa shape index (κ3) is 7.20. The summed E-state index contributed by atoms with van der Waals surface area (Å²) in [5, 5.41) is 0. The Labute approximate surface area is 99.9 Å². The third-order valence-electron chi connectivity index (χ3n) is 2.23. The van der Waals surface area contributed by atoms with Crippen LogP contribution in [0.3, 0.4) is 0 Å². The van der Waals surface area contributed by atoms with Gasteiger partial charge in [-0.1, -0.05) is 13.3 Å². The molecule has 0 rings (SSSR count). The van der Waals surface area contributed by atoms with Crippen molar-refractivity contribution >= 4 is 5.91 Å². The summed E-state index contributed by atoms with van der Waals surface area (Å²) < 4.78 is 41.9. The van der Waals surface area contributed by atoms with Gasteiger partial charge < -0.3 is 9.64 Å². The Morgan fingerprint density at radius 1 is 1.35 bits per heavy atom. The highest BCUT2D eigenvalue weighted by Crippen LogP contribution is 2.17. The zero-order chi connectivity index (χ0) is 13.5. The van der Waals surface area contributed by atoms with Gasteiger partial charge in [0.05, 0.1) is 0 Å². The summed E-state index contributed by atoms with van der Waals surface area (Å²) in [5.41, 5.74) is 0. The van der Waals surface area contributed by atoms with Gasteiger partial charge in [0.15, 0.2) is 0 Å². The van der Waals surface area contributed by atoms with E-state index < -0.39 is 24.7 Å². The molecule has 0 saturated heterocycles. The molecule has 0 saturated carbocycles. The molecular weight excluding hydrogens is 235 g/mol. The lowest BCUT2D eigenvalue weighted by molar-refractivity contribution is -0.167. The van der Waals surface area contributed by atoms with Crippen molar-refractivity contribution in [2.24, 2.45) is 0 Å². The molecule has 1 unspecified atom stereocenters. The molecule has 0 aromatic carbocycles. The first-order valence-electron chi connectivity index (χ1n) is 5.79. The zero-order valence-electron chi connectivity index (χ0n) is 10.5. The fourth-order valence-corrected chi connectivity index (χ4v) is 1.41. The number of rotatable bonds is 7. The van der Waals surface area contributed by atoms with Crippen LogP contribution in [0.15, 0.2) is 0 Å². The number of nitrogens with zero attached hydrogens (tertiary/aromatic N) is 1. The Balaban J connectivity index is 4.49. The normalized spacial score (nSPS) is 13.5. The summed E-state index contributed by atoms with van der Waals surface area (Å²) in [6.07, 6.45) is -3.89. The van der Waals surface area contributed by atoms with Gasteiger partial charge in [-0.2, -0.15) is 13.2 Å². The standard InChI is InChI=1S/C11H20F3NO2/c1-4-6-7-15(8-11(12,13)14)10(16)9(3)17-5-2/h9H,4-8H2,1-3H3. The number of carbonyl (C=O) groups excluding carboxylic acids is 1. The average Bonchev–Trinajstić information content (AvgIpc) is 2.22. The largest absolute Gasteiger partial charge is 0.406 e. The predicted molar refractivity (Wildman–Crippen MR) is 58.6 cm³/mol. The first-order valence-corrected chi connectivity index (χ1v) is 5.79. The average molecular weight is 255 g/mol. The van der Waals surface area contributed by atoms with E-state index in [-0.39, 0.29) is 6.54 Å². The second-order valence-corrected chi connectivity index (χ2v) is 3.83. The van der Waals surface area contributed by atoms with E-state index in [9.17, 15) is 18.0 Å². The molecule has 0 heterocycles. The second-order valence-electron chi connectivity index (χ2n) is 3.83. The number of amides is 1. The van der Waals surface area contributed by atoms with Crippen LogP contribution in [0.4, 0.5) is 13.2 Å². The monoisotopic (exact) mass is 255 g/mol. The summed E-state index contributed by atoms with van der Waals surface area (Å²) >= 11 is 0. The van der Waals surface area contributed by atoms with Gasteiger partial charge >= 0.3 is 6.18 Å². The van der Waals surface area contributed by atoms with Crippen LogP contribution in [0.2, 0.25) is 0 Å². The van der Waals surface area contributed by atoms with Gasteiger partial charge in [-0.3, -0.25) is 4.79 Å². The minimum Gasteiger partial charge on any atom is -0.369 e. The van der Waals surface area contributed by atoms with Crippen LogP contribution in [0.5, 0.6) is 0 Å². The van der Waals surface area contributed by atoms with Gasteiger partial charge in [0.1, 0.15) is 12.6 Å². The molecule has 3 nitrogen and oxygen atoms in total. The van der Waals surface area contributed by atoms with Crippen molar-refractivity contribution in [1.82, 2.24) is 4.90 Å². The van der Waals surface area contributed by atoms with Crippen LogP contribution >= 0.6 is 0 Å². The molecular formula is C11H20F3NO2. The molecule has 0 aliphatic heterocycles. The van der Waals surface area contributed by atoms with Crippen LogP contribution in [-0.2, 0) is 9.53 Å². The number of hydrogen-bond donors (Lipinski definition) is 0. The molecule has 0 bridgehead atoms. The molecule has 0 N–H and O–H groups in total. The molecule has 0 aliphatic rings. The number of hydrogen-bond acceptors (Lipinski definition) is 2. The maximum Gasteiger partial charge on any atom is 0.406 e. The zero-order valence-corrected chi connectivity index (χ0v) is 10.5. The highest BCUT2D eigenvalue weighted by molar-refractivity contribution is 5.80. The lowest BCUT2D eigenvalue weighted by Gasteiger charge is -2.26. The lowest BCUT2D eigenvalue weighted by Crippen LogP contribution is -2.44. The van der Waals surface area contributed by atoms with Crippen LogP contribution in [0.25, 0.3) is 0 Å². The summed E-state index contributed by atoms with van der Waals surface area (Å²) in [5.74, 6) is -0.599. The minimum absolute atomic E-state index is 0.117. The van der Waals surface area contributed by atoms with Crippen molar-refractivity contribution in [1.29, 1.82) is 0 Å². The van der Waals surface area contributed by atoms with Crippen LogP contribution in [0, 0.1) is 0 Å². The third-order valence-corrected chi connectivity index (χ3v) is 2.23. The highest BCUT2D eigenvalue weighted by atomic mass is 19.4. The van der Waals surface area contributed by atoms with Gasteiger partial charge in [-0.15, -0.1) is 0 Å². The minimum atomic E-state index is -4.37. The summed E-state index contributed by atoms with van der Waals surface area (Å²) in [6, 6.07) is 0. The van der Waals surface area contributed by atoms with E-state index >= 15 is 0 Å². The molecule has 0 spiro atoms. The Morgan fingerprint density at radius 3 is 2.35 bits per heavy atom. The van der Waals surface area contributed by atoms with Crippen LogP contribution < -0.4 is 0 Å². The van der Waals surface area contributed by atoms with Crippen LogP contribution in [-0.4, -0.2) is 42.8 Å². The number of ether oxygens (including phenoxy) is 1. The highest BCUT2D eigenvalue weighted by Gasteiger charge is 2.34. The first-order chi connectivity index (χ1) is 7.81. The van der Waals surface area contributed by atoms with Gasteiger partial charge in [-0.05, 0) is 20.3 Å². The van der Waals surface area contributed by atoms with Crippen molar-refractivity contribution in [2.75, 3.05) is 19.7 Å². The maximum absolute atomic E-state index is 12.3. The molecule has 0 aromatic rings. The number of halogens is 3. The van der Waals surface area contributed by atoms with Gasteiger partial charge in [0.25, 0.3) is 5.91 Å². The lowest BCUT2D eigenvalue weighted by atomic mass is 10.2. The molecule has 1 atom stereocenters. The topological polar surface area (TPSA) is 29.5 Å². The number of carbonyl (C=O) groups is 1. The molecule has 0 radical (unpaired) electrons. The summed E-state index contributed by atoms with van der Waals surface area (Å²) in [7, 11) is 0. The van der Waals surface area contributed by atoms with E-state index in [1.165, 1.54) is 6.92 Å². The molecule has 6 heteroatoms. The van der Waals surface area contributed by atoms with Crippen molar-refractivity contribution < 1.29 is 22.7 Å². The molecule has 17 heavy (non-hydrogen) atoms. The second kappa shape index (κ2) is 7.53. The molecule has 0 aromatic heterocycles. The van der Waals surface area contributed by atoms with Gasteiger partial charge in [-0.25, -0.2) is 0 Å². The van der Waals surface area contributed by atoms with Crippen molar-refractivity contribution in [2.45, 2.75) is 45.9 Å². The van der Waals surface area contributed by atoms with Gasteiger partial charge in [0, 0.05) is 13.2 Å². The van der Waals surface area contributed by atoms with E-state index in [0.29, 0.717) is 13.0 Å². The quantitative estimate of drug-likeness (QED) is 0.700.